The van der Waals surface area contributed by atoms with Crippen LogP contribution in [-0.4, -0.2) is 31.1 Å². The number of rotatable bonds is 5. The zero-order valence-corrected chi connectivity index (χ0v) is 18.0. The summed E-state index contributed by atoms with van der Waals surface area (Å²) in [4.78, 5) is 12.9. The molecule has 3 heterocycles. The molecule has 0 fully saturated rings. The van der Waals surface area contributed by atoms with Crippen molar-refractivity contribution in [3.63, 3.8) is 0 Å². The van der Waals surface area contributed by atoms with Crippen LogP contribution in [0.15, 0.2) is 48.9 Å². The Hall–Kier alpha value is -3.46. The number of imidazole rings is 1. The smallest absolute Gasteiger partial charge is 0.387 e. The number of aromatic nitrogens is 4. The minimum absolute atomic E-state index is 0.123. The van der Waals surface area contributed by atoms with Gasteiger partial charge in [0.1, 0.15) is 22.8 Å². The average molecular weight is 454 g/mol. The molecule has 6 nitrogen and oxygen atoms in total. The monoisotopic (exact) mass is 454 g/mol. The fraction of sp³-hybridized carbons (Fsp3) is 0.292. The Morgan fingerprint density at radius 1 is 1.18 bits per heavy atom. The number of alkyl halides is 2. The van der Waals surface area contributed by atoms with E-state index in [0.717, 1.165) is 11.4 Å². The van der Waals surface area contributed by atoms with E-state index in [1.54, 1.807) is 42.6 Å². The maximum absolute atomic E-state index is 15.0. The first kappa shape index (κ1) is 21.4. The molecule has 0 spiro atoms. The molecule has 33 heavy (non-hydrogen) atoms. The third kappa shape index (κ3) is 3.82. The summed E-state index contributed by atoms with van der Waals surface area (Å²) < 4.78 is 47.4. The minimum atomic E-state index is -2.93. The fourth-order valence-electron chi connectivity index (χ4n) is 4.37. The van der Waals surface area contributed by atoms with Crippen LogP contribution in [0.5, 0.6) is 5.75 Å². The lowest BCUT2D eigenvalue weighted by molar-refractivity contribution is -0.0505. The lowest BCUT2D eigenvalue weighted by Crippen LogP contribution is -2.19. The second kappa shape index (κ2) is 7.84. The number of aryl methyl sites for hydroxylation is 1. The Balaban J connectivity index is 1.61. The van der Waals surface area contributed by atoms with Gasteiger partial charge in [-0.15, -0.1) is 0 Å². The van der Waals surface area contributed by atoms with E-state index in [1.807, 2.05) is 0 Å². The van der Waals surface area contributed by atoms with E-state index in [4.69, 9.17) is 4.74 Å². The second-order valence-electron chi connectivity index (χ2n) is 8.57. The highest BCUT2D eigenvalue weighted by Gasteiger charge is 2.32. The Morgan fingerprint density at radius 2 is 1.91 bits per heavy atom. The fourth-order valence-corrected chi connectivity index (χ4v) is 4.37. The van der Waals surface area contributed by atoms with Crippen LogP contribution in [0.25, 0.3) is 16.8 Å². The van der Waals surface area contributed by atoms with E-state index in [-0.39, 0.29) is 23.1 Å². The molecule has 0 saturated carbocycles. The number of pyridine rings is 1. The van der Waals surface area contributed by atoms with Crippen LogP contribution in [0.1, 0.15) is 49.0 Å². The summed E-state index contributed by atoms with van der Waals surface area (Å²) >= 11 is 0. The number of aliphatic hydroxyl groups is 1. The number of fused-ring (bicyclic) bond motifs is 3. The predicted molar refractivity (Wildman–Crippen MR) is 115 cm³/mol. The molecular formula is C24H21F3N4O2. The van der Waals surface area contributed by atoms with Gasteiger partial charge in [0.25, 0.3) is 0 Å². The molecule has 1 atom stereocenters. The van der Waals surface area contributed by atoms with Crippen molar-refractivity contribution in [3.8, 4) is 16.9 Å². The molecule has 3 aromatic heterocycles. The molecule has 1 unspecified atom stereocenters. The van der Waals surface area contributed by atoms with E-state index >= 15 is 0 Å². The summed E-state index contributed by atoms with van der Waals surface area (Å²) in [6.07, 6.45) is 5.88. The largest absolute Gasteiger partial charge is 0.435 e. The van der Waals surface area contributed by atoms with Gasteiger partial charge in [0.15, 0.2) is 5.82 Å². The van der Waals surface area contributed by atoms with Gasteiger partial charge in [-0.2, -0.15) is 8.78 Å². The van der Waals surface area contributed by atoms with Gasteiger partial charge in [-0.3, -0.25) is 0 Å². The second-order valence-corrected chi connectivity index (χ2v) is 8.57. The molecule has 1 aliphatic carbocycles. The summed E-state index contributed by atoms with van der Waals surface area (Å²) in [5, 5.41) is 10.1. The maximum Gasteiger partial charge on any atom is 0.387 e. The molecule has 0 amide bonds. The van der Waals surface area contributed by atoms with E-state index < -0.39 is 18.0 Å². The summed E-state index contributed by atoms with van der Waals surface area (Å²) in [6.45, 7) is 0.208. The molecule has 0 saturated heterocycles. The lowest BCUT2D eigenvalue weighted by Gasteiger charge is -2.17. The van der Waals surface area contributed by atoms with Gasteiger partial charge in [0, 0.05) is 47.3 Å². The molecular weight excluding hydrogens is 433 g/mol. The average Bonchev–Trinajstić information content (AvgIpc) is 3.31. The molecule has 1 N–H and O–H groups in total. The normalized spacial score (nSPS) is 15.9. The highest BCUT2D eigenvalue weighted by atomic mass is 19.3. The van der Waals surface area contributed by atoms with Crippen LogP contribution < -0.4 is 4.74 Å². The van der Waals surface area contributed by atoms with Crippen LogP contribution in [0.2, 0.25) is 0 Å². The molecule has 170 valence electrons. The number of hydrogen-bond acceptors (Lipinski definition) is 5. The third-order valence-electron chi connectivity index (χ3n) is 5.84. The molecule has 0 radical (unpaired) electrons. The first-order chi connectivity index (χ1) is 15.7. The number of para-hydroxylation sites is 1. The van der Waals surface area contributed by atoms with Crippen molar-refractivity contribution in [2.75, 3.05) is 0 Å². The molecule has 0 aliphatic heterocycles. The zero-order chi connectivity index (χ0) is 23.3. The van der Waals surface area contributed by atoms with Crippen molar-refractivity contribution < 1.29 is 23.0 Å². The van der Waals surface area contributed by atoms with E-state index in [2.05, 4.69) is 15.0 Å². The van der Waals surface area contributed by atoms with Crippen molar-refractivity contribution in [3.05, 3.63) is 77.5 Å². The van der Waals surface area contributed by atoms with Crippen molar-refractivity contribution in [2.45, 2.75) is 44.8 Å². The highest BCUT2D eigenvalue weighted by Crippen LogP contribution is 2.42. The molecule has 5 rings (SSSR count). The number of hydrogen-bond donors (Lipinski definition) is 1. The number of ether oxygens (including phenoxy) is 1. The Labute approximate surface area is 187 Å². The summed E-state index contributed by atoms with van der Waals surface area (Å²) in [5.74, 6) is -0.356. The van der Waals surface area contributed by atoms with E-state index in [0.29, 0.717) is 29.6 Å². The minimum Gasteiger partial charge on any atom is -0.435 e. The van der Waals surface area contributed by atoms with Crippen LogP contribution in [-0.2, 0) is 12.0 Å². The molecule has 4 aromatic rings. The van der Waals surface area contributed by atoms with Crippen molar-refractivity contribution >= 4 is 5.65 Å². The van der Waals surface area contributed by atoms with Gasteiger partial charge >= 0.3 is 6.61 Å². The van der Waals surface area contributed by atoms with Crippen molar-refractivity contribution in [1.29, 1.82) is 0 Å². The maximum atomic E-state index is 15.0. The number of nitrogens with zero attached hydrogens (tertiary/aromatic N) is 4. The van der Waals surface area contributed by atoms with Crippen LogP contribution in [0.3, 0.4) is 0 Å². The number of halogens is 3. The van der Waals surface area contributed by atoms with Gasteiger partial charge in [0.2, 0.25) is 0 Å². The number of benzene rings is 1. The summed E-state index contributed by atoms with van der Waals surface area (Å²) in [5.41, 5.74) is 2.21. The lowest BCUT2D eigenvalue weighted by atomic mass is 9.95. The van der Waals surface area contributed by atoms with E-state index in [9.17, 15) is 18.3 Å². The molecule has 9 heteroatoms. The first-order valence-electron chi connectivity index (χ1n) is 10.5. The highest BCUT2D eigenvalue weighted by molar-refractivity contribution is 5.65. The topological polar surface area (TPSA) is 72.5 Å². The molecule has 0 bridgehead atoms. The quantitative estimate of drug-likeness (QED) is 0.467. The summed E-state index contributed by atoms with van der Waals surface area (Å²) in [6, 6.07) is 8.06. The standard InChI is InChI=1S/C24H21F3N4O2/c1-24(2,32)22-28-10-13(11-29-22)16-12-31-20(9-17(16)25)30-18-8-7-15(21(18)31)14-5-3-4-6-19(14)33-23(26)27/h3-6,9-12,15,23,32H,7-8H2,1-2H3. The Morgan fingerprint density at radius 3 is 2.61 bits per heavy atom. The Bertz CT molecular complexity index is 1330. The van der Waals surface area contributed by atoms with Gasteiger partial charge in [0.05, 0.1) is 11.4 Å². The van der Waals surface area contributed by atoms with Gasteiger partial charge in [-0.1, -0.05) is 18.2 Å². The zero-order valence-electron chi connectivity index (χ0n) is 18.0. The van der Waals surface area contributed by atoms with Gasteiger partial charge < -0.3 is 14.2 Å². The third-order valence-corrected chi connectivity index (χ3v) is 5.84. The molecule has 1 aliphatic rings. The van der Waals surface area contributed by atoms with Gasteiger partial charge in [-0.25, -0.2) is 19.3 Å². The first-order valence-corrected chi connectivity index (χ1v) is 10.5. The van der Waals surface area contributed by atoms with E-state index in [1.165, 1.54) is 24.5 Å². The van der Waals surface area contributed by atoms with Gasteiger partial charge in [-0.05, 0) is 32.8 Å². The van der Waals surface area contributed by atoms with Crippen LogP contribution in [0, 0.1) is 5.82 Å². The van der Waals surface area contributed by atoms with Crippen molar-refractivity contribution in [1.82, 2.24) is 19.4 Å². The summed E-state index contributed by atoms with van der Waals surface area (Å²) in [7, 11) is 0. The SMILES string of the molecule is CC(C)(O)c1ncc(-c2cn3c4c(nc3cc2F)CCC4c2ccccc2OC(F)F)cn1. The predicted octanol–water partition coefficient (Wildman–Crippen LogP) is 4.84. The van der Waals surface area contributed by atoms with Crippen molar-refractivity contribution in [2.24, 2.45) is 0 Å². The van der Waals surface area contributed by atoms with Crippen LogP contribution >= 0.6 is 0 Å². The molecule has 1 aromatic carbocycles. The Kier molecular flexibility index (Phi) is 5.08. The van der Waals surface area contributed by atoms with Crippen LogP contribution in [0.4, 0.5) is 13.2 Å².